The number of carbonyl (C=O) groups excluding carboxylic acids is 1. The largest absolute Gasteiger partial charge is 0.352 e. The van der Waals surface area contributed by atoms with Crippen molar-refractivity contribution in [2.24, 2.45) is 0 Å². The zero-order valence-corrected chi connectivity index (χ0v) is 12.0. The summed E-state index contributed by atoms with van der Waals surface area (Å²) in [5, 5.41) is 6.46. The number of hydrogen-bond acceptors (Lipinski definition) is 3. The van der Waals surface area contributed by atoms with Crippen molar-refractivity contribution >= 4 is 5.91 Å². The molecule has 2 rings (SSSR count). The molecule has 4 nitrogen and oxygen atoms in total. The van der Waals surface area contributed by atoms with Gasteiger partial charge in [0.2, 0.25) is 5.91 Å². The average Bonchev–Trinajstić information content (AvgIpc) is 2.82. The van der Waals surface area contributed by atoms with Gasteiger partial charge in [-0.05, 0) is 53.0 Å². The van der Waals surface area contributed by atoms with Crippen LogP contribution in [0.4, 0.5) is 0 Å². The van der Waals surface area contributed by atoms with Crippen molar-refractivity contribution in [3.63, 3.8) is 0 Å². The van der Waals surface area contributed by atoms with E-state index in [0.29, 0.717) is 6.04 Å². The maximum Gasteiger partial charge on any atom is 0.237 e. The van der Waals surface area contributed by atoms with Gasteiger partial charge in [-0.15, -0.1) is 0 Å². The summed E-state index contributed by atoms with van der Waals surface area (Å²) in [7, 11) is 0. The summed E-state index contributed by atoms with van der Waals surface area (Å²) >= 11 is 0. The SMILES string of the molecule is CC(C)(C)N1CCC(NC(=O)[C@@H]2CCCN2)CC1. The summed E-state index contributed by atoms with van der Waals surface area (Å²) in [5.74, 6) is 0.210. The van der Waals surface area contributed by atoms with Crippen LogP contribution in [-0.4, -0.2) is 48.1 Å². The van der Waals surface area contributed by atoms with Gasteiger partial charge in [0, 0.05) is 24.7 Å². The van der Waals surface area contributed by atoms with Crippen LogP contribution < -0.4 is 10.6 Å². The Balaban J connectivity index is 1.75. The van der Waals surface area contributed by atoms with Gasteiger partial charge in [0.15, 0.2) is 0 Å². The fourth-order valence-electron chi connectivity index (χ4n) is 2.90. The quantitative estimate of drug-likeness (QED) is 0.775. The molecule has 0 aliphatic carbocycles. The molecule has 0 spiro atoms. The Labute approximate surface area is 110 Å². The highest BCUT2D eigenvalue weighted by Crippen LogP contribution is 2.20. The molecule has 2 aliphatic rings. The van der Waals surface area contributed by atoms with Crippen LogP contribution in [0.15, 0.2) is 0 Å². The fourth-order valence-corrected chi connectivity index (χ4v) is 2.90. The van der Waals surface area contributed by atoms with E-state index in [-0.39, 0.29) is 17.5 Å². The molecule has 0 saturated carbocycles. The zero-order valence-electron chi connectivity index (χ0n) is 12.0. The van der Waals surface area contributed by atoms with E-state index in [1.165, 1.54) is 0 Å². The normalized spacial score (nSPS) is 27.4. The second-order valence-corrected chi connectivity index (χ2v) is 6.59. The van der Waals surface area contributed by atoms with Crippen LogP contribution in [0.1, 0.15) is 46.5 Å². The Kier molecular flexibility index (Phi) is 4.28. The van der Waals surface area contributed by atoms with Crippen LogP contribution in [0.2, 0.25) is 0 Å². The Morgan fingerprint density at radius 2 is 1.89 bits per heavy atom. The van der Waals surface area contributed by atoms with Gasteiger partial charge in [-0.2, -0.15) is 0 Å². The van der Waals surface area contributed by atoms with Gasteiger partial charge in [-0.25, -0.2) is 0 Å². The first-order valence-electron chi connectivity index (χ1n) is 7.25. The van der Waals surface area contributed by atoms with Crippen LogP contribution in [-0.2, 0) is 4.79 Å². The summed E-state index contributed by atoms with van der Waals surface area (Å²) < 4.78 is 0. The molecule has 0 unspecified atom stereocenters. The molecular weight excluding hydrogens is 226 g/mol. The third-order valence-corrected chi connectivity index (χ3v) is 4.17. The third-order valence-electron chi connectivity index (χ3n) is 4.17. The second-order valence-electron chi connectivity index (χ2n) is 6.59. The second kappa shape index (κ2) is 5.57. The van der Waals surface area contributed by atoms with Crippen molar-refractivity contribution in [1.29, 1.82) is 0 Å². The molecule has 1 atom stereocenters. The lowest BCUT2D eigenvalue weighted by atomic mass is 9.98. The van der Waals surface area contributed by atoms with Crippen molar-refractivity contribution in [2.75, 3.05) is 19.6 Å². The van der Waals surface area contributed by atoms with Crippen LogP contribution >= 0.6 is 0 Å². The highest BCUT2D eigenvalue weighted by atomic mass is 16.2. The van der Waals surface area contributed by atoms with E-state index in [9.17, 15) is 4.79 Å². The Hall–Kier alpha value is -0.610. The Morgan fingerprint density at radius 1 is 1.22 bits per heavy atom. The molecule has 2 fully saturated rings. The summed E-state index contributed by atoms with van der Waals surface area (Å²) in [4.78, 5) is 14.5. The molecule has 18 heavy (non-hydrogen) atoms. The lowest BCUT2D eigenvalue weighted by Crippen LogP contribution is -2.53. The van der Waals surface area contributed by atoms with Crippen LogP contribution in [0.25, 0.3) is 0 Å². The monoisotopic (exact) mass is 253 g/mol. The fraction of sp³-hybridized carbons (Fsp3) is 0.929. The topological polar surface area (TPSA) is 44.4 Å². The zero-order chi connectivity index (χ0) is 13.2. The number of amides is 1. The van der Waals surface area contributed by atoms with E-state index in [1.54, 1.807) is 0 Å². The van der Waals surface area contributed by atoms with Gasteiger partial charge in [-0.1, -0.05) is 0 Å². The molecule has 104 valence electrons. The van der Waals surface area contributed by atoms with E-state index < -0.39 is 0 Å². The highest BCUT2D eigenvalue weighted by molar-refractivity contribution is 5.82. The number of piperidine rings is 1. The summed E-state index contributed by atoms with van der Waals surface area (Å²) in [5.41, 5.74) is 0.252. The van der Waals surface area contributed by atoms with E-state index >= 15 is 0 Å². The van der Waals surface area contributed by atoms with E-state index in [0.717, 1.165) is 45.3 Å². The smallest absolute Gasteiger partial charge is 0.237 e. The van der Waals surface area contributed by atoms with E-state index in [2.05, 4.69) is 36.3 Å². The summed E-state index contributed by atoms with van der Waals surface area (Å²) in [6.07, 6.45) is 4.28. The molecule has 0 aromatic rings. The van der Waals surface area contributed by atoms with Crippen molar-refractivity contribution in [1.82, 2.24) is 15.5 Å². The minimum Gasteiger partial charge on any atom is -0.352 e. The van der Waals surface area contributed by atoms with Gasteiger partial charge in [0.1, 0.15) is 0 Å². The lowest BCUT2D eigenvalue weighted by molar-refractivity contribution is -0.123. The van der Waals surface area contributed by atoms with Gasteiger partial charge >= 0.3 is 0 Å². The number of hydrogen-bond donors (Lipinski definition) is 2. The predicted molar refractivity (Wildman–Crippen MR) is 73.5 cm³/mol. The molecule has 2 heterocycles. The van der Waals surface area contributed by atoms with Crippen LogP contribution in [0, 0.1) is 0 Å². The molecule has 0 aromatic heterocycles. The number of rotatable bonds is 2. The molecule has 1 amide bonds. The maximum atomic E-state index is 12.0. The number of carbonyl (C=O) groups is 1. The summed E-state index contributed by atoms with van der Waals surface area (Å²) in [6, 6.07) is 0.434. The molecule has 0 bridgehead atoms. The third kappa shape index (κ3) is 3.45. The summed E-state index contributed by atoms with van der Waals surface area (Å²) in [6.45, 7) is 9.94. The molecule has 0 radical (unpaired) electrons. The van der Waals surface area contributed by atoms with Crippen LogP contribution in [0.5, 0.6) is 0 Å². The molecule has 2 N–H and O–H groups in total. The molecule has 2 saturated heterocycles. The van der Waals surface area contributed by atoms with Crippen molar-refractivity contribution in [3.05, 3.63) is 0 Å². The van der Waals surface area contributed by atoms with Crippen LogP contribution in [0.3, 0.4) is 0 Å². The van der Waals surface area contributed by atoms with Gasteiger partial charge in [0.05, 0.1) is 6.04 Å². The molecule has 0 aromatic carbocycles. The first-order chi connectivity index (χ1) is 8.47. The van der Waals surface area contributed by atoms with Crippen molar-refractivity contribution in [2.45, 2.75) is 64.1 Å². The predicted octanol–water partition coefficient (Wildman–Crippen LogP) is 1.12. The van der Waals surface area contributed by atoms with E-state index in [4.69, 9.17) is 0 Å². The minimum absolute atomic E-state index is 0.0608. The number of likely N-dealkylation sites (tertiary alicyclic amines) is 1. The Bertz CT molecular complexity index is 284. The average molecular weight is 253 g/mol. The molecule has 4 heteroatoms. The van der Waals surface area contributed by atoms with Gasteiger partial charge < -0.3 is 10.6 Å². The van der Waals surface area contributed by atoms with Gasteiger partial charge in [-0.3, -0.25) is 9.69 Å². The van der Waals surface area contributed by atoms with Gasteiger partial charge in [0.25, 0.3) is 0 Å². The first-order valence-corrected chi connectivity index (χ1v) is 7.25. The molecule has 2 aliphatic heterocycles. The minimum atomic E-state index is 0.0608. The molecular formula is C14H27N3O. The maximum absolute atomic E-state index is 12.0. The number of nitrogens with one attached hydrogen (secondary N) is 2. The van der Waals surface area contributed by atoms with E-state index in [1.807, 2.05) is 0 Å². The Morgan fingerprint density at radius 3 is 2.39 bits per heavy atom. The highest BCUT2D eigenvalue weighted by Gasteiger charge is 2.29. The first kappa shape index (κ1) is 13.8. The standard InChI is InChI=1S/C14H27N3O/c1-14(2,3)17-9-6-11(7-10-17)16-13(18)12-5-4-8-15-12/h11-12,15H,4-10H2,1-3H3,(H,16,18)/t12-/m0/s1. The van der Waals surface area contributed by atoms with Crippen molar-refractivity contribution < 1.29 is 4.79 Å². The lowest BCUT2D eigenvalue weighted by Gasteiger charge is -2.41. The number of nitrogens with zero attached hydrogens (tertiary/aromatic N) is 1. The van der Waals surface area contributed by atoms with Crippen molar-refractivity contribution in [3.8, 4) is 0 Å².